The van der Waals surface area contributed by atoms with Crippen molar-refractivity contribution < 1.29 is 0 Å². The summed E-state index contributed by atoms with van der Waals surface area (Å²) in [5, 5.41) is 0. The highest BCUT2D eigenvalue weighted by Gasteiger charge is 2.27. The molecule has 1 aromatic rings. The molecule has 9 heavy (non-hydrogen) atoms. The number of nitrogens with zero attached hydrogens (tertiary/aromatic N) is 2. The average Bonchev–Trinajstić information content (AvgIpc) is 2.58. The van der Waals surface area contributed by atoms with Crippen LogP contribution in [0.2, 0.25) is 0 Å². The predicted molar refractivity (Wildman–Crippen MR) is 44.6 cm³/mol. The van der Waals surface area contributed by atoms with Crippen LogP contribution in [0.15, 0.2) is 0 Å². The van der Waals surface area contributed by atoms with Gasteiger partial charge in [-0.05, 0) is 47.0 Å². The summed E-state index contributed by atoms with van der Waals surface area (Å²) in [5.41, 5.74) is 0. The Morgan fingerprint density at radius 2 is 2.33 bits per heavy atom. The highest BCUT2D eigenvalue weighted by atomic mass is 127. The van der Waals surface area contributed by atoms with E-state index < -0.39 is 0 Å². The van der Waals surface area contributed by atoms with Gasteiger partial charge in [-0.1, -0.05) is 0 Å². The van der Waals surface area contributed by atoms with E-state index in [1.807, 2.05) is 0 Å². The van der Waals surface area contributed by atoms with Gasteiger partial charge in [-0.15, -0.1) is 0 Å². The van der Waals surface area contributed by atoms with Crippen molar-refractivity contribution in [2.24, 2.45) is 0 Å². The lowest BCUT2D eigenvalue weighted by Crippen LogP contribution is -1.79. The van der Waals surface area contributed by atoms with Gasteiger partial charge < -0.3 is 0 Å². The Labute approximate surface area is 71.0 Å². The van der Waals surface area contributed by atoms with E-state index in [9.17, 15) is 0 Å². The first-order valence-electron chi connectivity index (χ1n) is 2.85. The van der Waals surface area contributed by atoms with Gasteiger partial charge >= 0.3 is 0 Å². The molecule has 0 unspecified atom stereocenters. The van der Waals surface area contributed by atoms with Crippen LogP contribution < -0.4 is 0 Å². The molecule has 1 saturated carbocycles. The summed E-state index contributed by atoms with van der Waals surface area (Å²) in [6, 6.07) is 0. The van der Waals surface area contributed by atoms with E-state index in [0.29, 0.717) is 5.92 Å². The molecule has 48 valence electrons. The molecular weight excluding hydrogens is 247 g/mol. The van der Waals surface area contributed by atoms with Crippen LogP contribution in [0.4, 0.5) is 0 Å². The highest BCUT2D eigenvalue weighted by molar-refractivity contribution is 14.1. The first-order valence-corrected chi connectivity index (χ1v) is 4.70. The molecule has 0 atom stereocenters. The van der Waals surface area contributed by atoms with Crippen molar-refractivity contribution in [3.63, 3.8) is 0 Å². The molecule has 1 aromatic heterocycles. The fourth-order valence-electron chi connectivity index (χ4n) is 0.723. The second kappa shape index (κ2) is 2.16. The van der Waals surface area contributed by atoms with Crippen molar-refractivity contribution >= 4 is 34.1 Å². The minimum absolute atomic E-state index is 0.713. The third-order valence-corrected chi connectivity index (χ3v) is 2.71. The van der Waals surface area contributed by atoms with Crippen molar-refractivity contribution in [2.45, 2.75) is 18.8 Å². The van der Waals surface area contributed by atoms with Crippen LogP contribution in [0, 0.1) is 3.01 Å². The first kappa shape index (κ1) is 6.03. The van der Waals surface area contributed by atoms with Gasteiger partial charge in [-0.25, -0.2) is 4.98 Å². The van der Waals surface area contributed by atoms with Crippen LogP contribution in [0.3, 0.4) is 0 Å². The van der Waals surface area contributed by atoms with Gasteiger partial charge in [0, 0.05) is 5.92 Å². The molecule has 0 aliphatic heterocycles. The molecule has 0 N–H and O–H groups in total. The molecule has 0 aromatic carbocycles. The zero-order valence-electron chi connectivity index (χ0n) is 4.67. The van der Waals surface area contributed by atoms with Crippen molar-refractivity contribution in [2.75, 3.05) is 0 Å². The van der Waals surface area contributed by atoms with Crippen LogP contribution >= 0.6 is 34.1 Å². The Morgan fingerprint density at radius 3 is 2.78 bits per heavy atom. The second-order valence-corrected chi connectivity index (χ2v) is 4.69. The molecule has 0 bridgehead atoms. The quantitative estimate of drug-likeness (QED) is 0.714. The summed E-state index contributed by atoms with van der Waals surface area (Å²) in [5.74, 6) is 1.79. The summed E-state index contributed by atoms with van der Waals surface area (Å²) in [7, 11) is 0. The smallest absolute Gasteiger partial charge is 0.173 e. The summed E-state index contributed by atoms with van der Waals surface area (Å²) in [4.78, 5) is 4.27. The van der Waals surface area contributed by atoms with E-state index in [2.05, 4.69) is 31.9 Å². The predicted octanol–water partition coefficient (Wildman–Crippen LogP) is 2.02. The largest absolute Gasteiger partial charge is 0.213 e. The molecule has 1 aliphatic rings. The molecule has 0 spiro atoms. The van der Waals surface area contributed by atoms with Gasteiger partial charge in [0.15, 0.2) is 3.01 Å². The van der Waals surface area contributed by atoms with Crippen LogP contribution in [0.5, 0.6) is 0 Å². The van der Waals surface area contributed by atoms with Gasteiger partial charge in [0.05, 0.1) is 0 Å². The normalized spacial score (nSPS) is 18.3. The number of halogens is 1. The zero-order chi connectivity index (χ0) is 6.27. The molecule has 1 fully saturated rings. The number of rotatable bonds is 1. The first-order chi connectivity index (χ1) is 4.36. The summed E-state index contributed by atoms with van der Waals surface area (Å²) < 4.78 is 5.27. The fourth-order valence-corrected chi connectivity index (χ4v) is 1.76. The zero-order valence-corrected chi connectivity index (χ0v) is 7.65. The number of hydrogen-bond donors (Lipinski definition) is 0. The van der Waals surface area contributed by atoms with E-state index in [1.54, 1.807) is 0 Å². The van der Waals surface area contributed by atoms with Gasteiger partial charge in [-0.2, -0.15) is 4.37 Å². The lowest BCUT2D eigenvalue weighted by molar-refractivity contribution is 0.979. The third-order valence-electron chi connectivity index (χ3n) is 1.36. The SMILES string of the molecule is Ic1nc(C2CC2)ns1. The van der Waals surface area contributed by atoms with Crippen LogP contribution in [0.1, 0.15) is 24.6 Å². The third kappa shape index (κ3) is 1.24. The topological polar surface area (TPSA) is 25.8 Å². The average molecular weight is 252 g/mol. The maximum Gasteiger partial charge on any atom is 0.173 e. The minimum Gasteiger partial charge on any atom is -0.213 e. The maximum atomic E-state index is 4.27. The van der Waals surface area contributed by atoms with E-state index in [1.165, 1.54) is 24.4 Å². The minimum atomic E-state index is 0.713. The Hall–Kier alpha value is 0.290. The van der Waals surface area contributed by atoms with Crippen LogP contribution in [0.25, 0.3) is 0 Å². The molecule has 0 saturated heterocycles. The molecule has 2 nitrogen and oxygen atoms in total. The lowest BCUT2D eigenvalue weighted by Gasteiger charge is -1.79. The molecular formula is C5H5IN2S. The molecule has 0 radical (unpaired) electrons. The maximum absolute atomic E-state index is 4.27. The van der Waals surface area contributed by atoms with Crippen LogP contribution in [-0.4, -0.2) is 9.36 Å². The molecule has 2 rings (SSSR count). The Kier molecular flexibility index (Phi) is 1.45. The van der Waals surface area contributed by atoms with Gasteiger partial charge in [-0.3, -0.25) is 0 Å². The Morgan fingerprint density at radius 1 is 1.56 bits per heavy atom. The standard InChI is InChI=1S/C5H5IN2S/c6-5-7-4(8-9-5)3-1-2-3/h3H,1-2H2. The number of aromatic nitrogens is 2. The molecule has 4 heteroatoms. The monoisotopic (exact) mass is 252 g/mol. The van der Waals surface area contributed by atoms with E-state index in [4.69, 9.17) is 0 Å². The van der Waals surface area contributed by atoms with Crippen molar-refractivity contribution in [1.29, 1.82) is 0 Å². The summed E-state index contributed by atoms with van der Waals surface area (Å²) in [6.45, 7) is 0. The van der Waals surface area contributed by atoms with E-state index in [0.717, 1.165) is 8.84 Å². The van der Waals surface area contributed by atoms with Gasteiger partial charge in [0.25, 0.3) is 0 Å². The Balaban J connectivity index is 2.28. The van der Waals surface area contributed by atoms with Gasteiger partial charge in [0.2, 0.25) is 0 Å². The van der Waals surface area contributed by atoms with Crippen molar-refractivity contribution in [3.8, 4) is 0 Å². The highest BCUT2D eigenvalue weighted by Crippen LogP contribution is 2.38. The summed E-state index contributed by atoms with van der Waals surface area (Å²) >= 11 is 3.70. The van der Waals surface area contributed by atoms with Crippen molar-refractivity contribution in [3.05, 3.63) is 8.84 Å². The van der Waals surface area contributed by atoms with Crippen LogP contribution in [-0.2, 0) is 0 Å². The summed E-state index contributed by atoms with van der Waals surface area (Å²) in [6.07, 6.45) is 2.60. The second-order valence-electron chi connectivity index (χ2n) is 2.18. The molecule has 1 aliphatic carbocycles. The number of hydrogen-bond acceptors (Lipinski definition) is 3. The Bertz CT molecular complexity index is 218. The van der Waals surface area contributed by atoms with E-state index in [-0.39, 0.29) is 0 Å². The lowest BCUT2D eigenvalue weighted by atomic mass is 10.4. The molecule has 1 heterocycles. The fraction of sp³-hybridized carbons (Fsp3) is 0.600. The van der Waals surface area contributed by atoms with Crippen molar-refractivity contribution in [1.82, 2.24) is 9.36 Å². The van der Waals surface area contributed by atoms with Gasteiger partial charge in [0.1, 0.15) is 5.82 Å². The van der Waals surface area contributed by atoms with E-state index >= 15 is 0 Å². The molecule has 0 amide bonds.